The molecule has 0 atom stereocenters. The molecule has 0 bridgehead atoms. The number of unbranched alkanes of at least 4 members (excludes halogenated alkanes) is 3. The van der Waals surface area contributed by atoms with Gasteiger partial charge in [0.15, 0.2) is 0 Å². The van der Waals surface area contributed by atoms with E-state index in [9.17, 15) is 22.8 Å². The van der Waals surface area contributed by atoms with Gasteiger partial charge in [-0.2, -0.15) is 13.2 Å². The summed E-state index contributed by atoms with van der Waals surface area (Å²) < 4.78 is 55.0. The Kier molecular flexibility index (Phi) is 9.31. The molecular formula is C24H25F3O5. The fraction of sp³-hybridized carbons (Fsp3) is 0.333. The number of aryl methyl sites for hydroxylation is 1. The number of rotatable bonds is 11. The summed E-state index contributed by atoms with van der Waals surface area (Å²) in [4.78, 5) is 23.2. The fourth-order valence-corrected chi connectivity index (χ4v) is 2.78. The molecule has 32 heavy (non-hydrogen) atoms. The van der Waals surface area contributed by atoms with Gasteiger partial charge in [0.25, 0.3) is 0 Å². The summed E-state index contributed by atoms with van der Waals surface area (Å²) in [6.07, 6.45) is -0.164. The SMILES string of the molecule is C=CC(=O)OCCCCCCOc1ccc(C(=O)Oc2ccc(C)cc2C(F)(F)F)cc1. The standard InChI is InChI=1S/C24H25F3O5/c1-3-22(28)31-15-7-5-4-6-14-30-19-11-9-18(10-12-19)23(29)32-21-13-8-17(2)16-20(21)24(25,26)27/h3,8-13,16H,1,4-7,14-15H2,2H3. The first kappa shape index (κ1) is 25.0. The Labute approximate surface area is 184 Å². The van der Waals surface area contributed by atoms with Gasteiger partial charge in [-0.1, -0.05) is 18.2 Å². The van der Waals surface area contributed by atoms with Gasteiger partial charge in [-0.3, -0.25) is 0 Å². The third-order valence-corrected chi connectivity index (χ3v) is 4.45. The van der Waals surface area contributed by atoms with E-state index in [1.807, 2.05) is 0 Å². The van der Waals surface area contributed by atoms with Gasteiger partial charge in [-0.25, -0.2) is 9.59 Å². The normalized spacial score (nSPS) is 11.0. The van der Waals surface area contributed by atoms with Crippen LogP contribution in [-0.4, -0.2) is 25.2 Å². The van der Waals surface area contributed by atoms with Crippen molar-refractivity contribution in [3.8, 4) is 11.5 Å². The average Bonchev–Trinajstić information content (AvgIpc) is 2.76. The van der Waals surface area contributed by atoms with Gasteiger partial charge in [0.1, 0.15) is 11.5 Å². The molecule has 172 valence electrons. The summed E-state index contributed by atoms with van der Waals surface area (Å²) in [7, 11) is 0. The molecular weight excluding hydrogens is 425 g/mol. The first-order valence-corrected chi connectivity index (χ1v) is 10.1. The zero-order chi connectivity index (χ0) is 23.6. The molecule has 0 fully saturated rings. The number of alkyl halides is 3. The van der Waals surface area contributed by atoms with E-state index >= 15 is 0 Å². The molecule has 8 heteroatoms. The third-order valence-electron chi connectivity index (χ3n) is 4.45. The summed E-state index contributed by atoms with van der Waals surface area (Å²) in [5.41, 5.74) is -0.473. The van der Waals surface area contributed by atoms with E-state index in [0.29, 0.717) is 24.5 Å². The van der Waals surface area contributed by atoms with Crippen molar-refractivity contribution < 1.29 is 37.0 Å². The summed E-state index contributed by atoms with van der Waals surface area (Å²) in [6.45, 7) is 5.67. The minimum atomic E-state index is -4.63. The number of hydrogen-bond acceptors (Lipinski definition) is 5. The second-order valence-corrected chi connectivity index (χ2v) is 7.05. The molecule has 0 N–H and O–H groups in total. The lowest BCUT2D eigenvalue weighted by Crippen LogP contribution is -2.14. The van der Waals surface area contributed by atoms with Gasteiger partial charge in [0.2, 0.25) is 0 Å². The van der Waals surface area contributed by atoms with Crippen LogP contribution in [-0.2, 0) is 15.7 Å². The molecule has 0 aliphatic carbocycles. The Hall–Kier alpha value is -3.29. The molecule has 2 aromatic rings. The van der Waals surface area contributed by atoms with Gasteiger partial charge < -0.3 is 14.2 Å². The maximum atomic E-state index is 13.2. The number of benzene rings is 2. The first-order valence-electron chi connectivity index (χ1n) is 10.1. The second-order valence-electron chi connectivity index (χ2n) is 7.05. The highest BCUT2D eigenvalue weighted by Crippen LogP contribution is 2.37. The Morgan fingerprint density at radius 3 is 2.25 bits per heavy atom. The van der Waals surface area contributed by atoms with Crippen molar-refractivity contribution in [3.63, 3.8) is 0 Å². The van der Waals surface area contributed by atoms with Gasteiger partial charge in [0, 0.05) is 6.08 Å². The van der Waals surface area contributed by atoms with E-state index in [1.54, 1.807) is 12.1 Å². The number of carbonyl (C=O) groups is 2. The molecule has 0 aliphatic rings. The summed E-state index contributed by atoms with van der Waals surface area (Å²) in [5, 5.41) is 0. The highest BCUT2D eigenvalue weighted by molar-refractivity contribution is 5.91. The van der Waals surface area contributed by atoms with Crippen LogP contribution in [0.1, 0.15) is 47.2 Å². The smallest absolute Gasteiger partial charge is 0.419 e. The Bertz CT molecular complexity index is 920. The third kappa shape index (κ3) is 8.09. The van der Waals surface area contributed by atoms with Crippen molar-refractivity contribution >= 4 is 11.9 Å². The molecule has 0 saturated carbocycles. The lowest BCUT2D eigenvalue weighted by molar-refractivity contribution is -0.139. The number of halogens is 3. The maximum absolute atomic E-state index is 13.2. The van der Waals surface area contributed by atoms with Crippen LogP contribution < -0.4 is 9.47 Å². The lowest BCUT2D eigenvalue weighted by atomic mass is 10.1. The zero-order valence-corrected chi connectivity index (χ0v) is 17.7. The molecule has 0 spiro atoms. The minimum absolute atomic E-state index is 0.111. The van der Waals surface area contributed by atoms with Crippen LogP contribution in [0.2, 0.25) is 0 Å². The van der Waals surface area contributed by atoms with Crippen molar-refractivity contribution in [3.05, 3.63) is 71.8 Å². The first-order chi connectivity index (χ1) is 15.2. The molecule has 0 aliphatic heterocycles. The van der Waals surface area contributed by atoms with Crippen LogP contribution in [0.25, 0.3) is 0 Å². The number of ether oxygens (including phenoxy) is 3. The molecule has 5 nitrogen and oxygen atoms in total. The predicted molar refractivity (Wildman–Crippen MR) is 113 cm³/mol. The predicted octanol–water partition coefficient (Wildman–Crippen LogP) is 5.90. The van der Waals surface area contributed by atoms with Crippen molar-refractivity contribution in [1.82, 2.24) is 0 Å². The van der Waals surface area contributed by atoms with Crippen molar-refractivity contribution in [2.24, 2.45) is 0 Å². The van der Waals surface area contributed by atoms with Crippen molar-refractivity contribution in [2.75, 3.05) is 13.2 Å². The molecule has 0 radical (unpaired) electrons. The van der Waals surface area contributed by atoms with E-state index in [4.69, 9.17) is 14.2 Å². The number of esters is 2. The van der Waals surface area contributed by atoms with E-state index < -0.39 is 29.4 Å². The molecule has 0 saturated heterocycles. The van der Waals surface area contributed by atoms with Crippen LogP contribution in [0, 0.1) is 6.92 Å². The zero-order valence-electron chi connectivity index (χ0n) is 17.7. The summed E-state index contributed by atoms with van der Waals surface area (Å²) in [6, 6.07) is 9.52. The van der Waals surface area contributed by atoms with Crippen LogP contribution in [0.4, 0.5) is 13.2 Å². The van der Waals surface area contributed by atoms with E-state index in [1.165, 1.54) is 25.1 Å². The summed E-state index contributed by atoms with van der Waals surface area (Å²) in [5.74, 6) is -1.32. The number of hydrogen-bond donors (Lipinski definition) is 0. The fourth-order valence-electron chi connectivity index (χ4n) is 2.78. The van der Waals surface area contributed by atoms with Crippen LogP contribution in [0.5, 0.6) is 11.5 Å². The van der Waals surface area contributed by atoms with Crippen molar-refractivity contribution in [1.29, 1.82) is 0 Å². The van der Waals surface area contributed by atoms with Gasteiger partial charge in [-0.15, -0.1) is 0 Å². The molecule has 2 rings (SSSR count). The summed E-state index contributed by atoms with van der Waals surface area (Å²) >= 11 is 0. The molecule has 0 amide bonds. The van der Waals surface area contributed by atoms with Crippen LogP contribution >= 0.6 is 0 Å². The topological polar surface area (TPSA) is 61.8 Å². The van der Waals surface area contributed by atoms with Crippen LogP contribution in [0.3, 0.4) is 0 Å². The van der Waals surface area contributed by atoms with Crippen LogP contribution in [0.15, 0.2) is 55.1 Å². The molecule has 2 aromatic carbocycles. The average molecular weight is 450 g/mol. The van der Waals surface area contributed by atoms with Gasteiger partial charge >= 0.3 is 18.1 Å². The molecule has 0 aromatic heterocycles. The minimum Gasteiger partial charge on any atom is -0.494 e. The number of carbonyl (C=O) groups excluding carboxylic acids is 2. The Morgan fingerprint density at radius 1 is 0.969 bits per heavy atom. The quantitative estimate of drug-likeness (QED) is 0.185. The lowest BCUT2D eigenvalue weighted by Gasteiger charge is -2.13. The highest BCUT2D eigenvalue weighted by atomic mass is 19.4. The van der Waals surface area contributed by atoms with E-state index in [-0.39, 0.29) is 5.56 Å². The molecule has 0 heterocycles. The largest absolute Gasteiger partial charge is 0.494 e. The Morgan fingerprint density at radius 2 is 1.62 bits per heavy atom. The van der Waals surface area contributed by atoms with Gasteiger partial charge in [-0.05, 0) is 69.0 Å². The van der Waals surface area contributed by atoms with E-state index in [0.717, 1.165) is 43.9 Å². The van der Waals surface area contributed by atoms with Crippen molar-refractivity contribution in [2.45, 2.75) is 38.8 Å². The Balaban J connectivity index is 1.79. The molecule has 0 unspecified atom stereocenters. The maximum Gasteiger partial charge on any atom is 0.419 e. The second kappa shape index (κ2) is 11.9. The monoisotopic (exact) mass is 450 g/mol. The van der Waals surface area contributed by atoms with Gasteiger partial charge in [0.05, 0.1) is 24.3 Å². The highest BCUT2D eigenvalue weighted by Gasteiger charge is 2.35. The van der Waals surface area contributed by atoms with E-state index in [2.05, 4.69) is 6.58 Å².